The van der Waals surface area contributed by atoms with Crippen LogP contribution in [0.25, 0.3) is 0 Å². The topological polar surface area (TPSA) is 537 Å². The number of methoxy groups -OCH3 is 16. The first kappa shape index (κ1) is 109. The molecule has 129 heavy (non-hydrogen) atoms. The molecular formula is C80H130O49. The predicted octanol–water partition coefficient (Wildman–Crippen LogP) is -3.42. The summed E-state index contributed by atoms with van der Waals surface area (Å²) < 4.78 is 241. The minimum atomic E-state index is -1.62. The molecule has 8 aliphatic heterocycles. The summed E-state index contributed by atoms with van der Waals surface area (Å²) >= 11 is 0. The number of aliphatic hydroxyl groups is 2. The molecule has 0 spiro atoms. The number of esters is 8. The Balaban J connectivity index is 1.07. The fourth-order valence-electron chi connectivity index (χ4n) is 16.9. The van der Waals surface area contributed by atoms with Crippen molar-refractivity contribution in [3.05, 3.63) is 0 Å². The maximum atomic E-state index is 13.0. The van der Waals surface area contributed by atoms with Crippen molar-refractivity contribution in [3.8, 4) is 0 Å². The highest BCUT2D eigenvalue weighted by molar-refractivity contribution is 5.68. The second-order valence-corrected chi connectivity index (χ2v) is 30.7. The number of aliphatic hydroxyl groups excluding tert-OH is 2. The van der Waals surface area contributed by atoms with Gasteiger partial charge in [-0.25, -0.2) is 0 Å². The van der Waals surface area contributed by atoms with Crippen molar-refractivity contribution >= 4 is 47.8 Å². The van der Waals surface area contributed by atoms with E-state index in [1.54, 1.807) is 0 Å². The van der Waals surface area contributed by atoms with E-state index in [2.05, 4.69) is 0 Å². The number of rotatable bonds is 46. The molecule has 8 aliphatic rings. The van der Waals surface area contributed by atoms with Gasteiger partial charge in [0.25, 0.3) is 0 Å². The Morgan fingerprint density at radius 3 is 0.465 bits per heavy atom. The van der Waals surface area contributed by atoms with Crippen LogP contribution < -0.4 is 0 Å². The Bertz CT molecular complexity index is 3380. The van der Waals surface area contributed by atoms with Crippen LogP contribution in [0.5, 0.6) is 0 Å². The molecule has 0 saturated carbocycles. The third-order valence-electron chi connectivity index (χ3n) is 22.8. The molecule has 0 unspecified atom stereocenters. The maximum absolute atomic E-state index is 13.0. The van der Waals surface area contributed by atoms with E-state index < -0.39 is 346 Å². The van der Waals surface area contributed by atoms with Crippen LogP contribution in [0.15, 0.2) is 0 Å². The van der Waals surface area contributed by atoms with Crippen LogP contribution in [0.1, 0.15) is 55.4 Å². The van der Waals surface area contributed by atoms with Gasteiger partial charge in [0.2, 0.25) is 0 Å². The van der Waals surface area contributed by atoms with Gasteiger partial charge < -0.3 is 195 Å². The fourth-order valence-corrected chi connectivity index (χ4v) is 16.9. The standard InChI is InChI=1S/C80H130O49/c1-33(81)107-25-41-49(89)57(91-9)66(100-18)74(116-41)124-51-43(27-109-35(3)83)118-76(68(102-20)59(51)93-11)126-53-45(29-111-37(5)85)120-78(70(104-22)61(53)95-13)128-55-47(31-113-39(7)87)122-80(72(106-24)63(55)97-15)129-56-48(32-114-40(8)88)121-79(71(105-23)64(56)98-16)127-54-46(30-112-38(6)86)119-77(69(103-21)62(54)96-14)125-52-44(28-110-36(4)84)117-75(67(101-19)60(52)94-12)123-50-42(26-108-34(2)82)115-73(90)65(99-17)58(50)92-10/h41-80,89-90H,25-32H2,1-24H3/t41-,42-,43-,44-,45-,46-,47-,48-,49-,50-,51-,52-,53-,54-,55-,56-,57+,58+,59+,60+,61+,62+,63+,64-,65-,66-,67-,68-,69-,70-,71-,72-,73+,74-,75-,76-,77-,78-,79-,80-/m1/s1. The van der Waals surface area contributed by atoms with E-state index in [9.17, 15) is 48.6 Å². The zero-order valence-corrected chi connectivity index (χ0v) is 76.8. The van der Waals surface area contributed by atoms with E-state index >= 15 is 0 Å². The van der Waals surface area contributed by atoms with Crippen LogP contribution in [0, 0.1) is 0 Å². The SMILES string of the molecule is CO[C@@H]1[C@@H](OC)[C@@H](O)O[C@H](COC(C)=O)[C@H]1O[C@H]1O[C@H](COC(C)=O)[C@@H](O[C@H]2O[C@H](COC(C)=O)[C@@H](O[C@H]3O[C@H](COC(C)=O)[C@@H](O[C@H]4O[C@H](COC(C)=O)[C@@H](O[C@H]5O[C@H](COC(C)=O)[C@@H](O[C@H]6O[C@H](COC(C)=O)[C@@H](O[C@H]7O[C@H](COC(C)=O)[C@@H](O)[C@H](OC)[C@H]7OC)[C@H](OC)[C@H]6OC)[C@H](OC)[C@H]5OC)[C@H](OC)[C@H]4OC)[C@@H](OC)[C@H]3OC)[C@H](OC)[C@H]2OC)[C@H](OC)[C@H]1OC. The van der Waals surface area contributed by atoms with E-state index in [1.807, 2.05) is 0 Å². The van der Waals surface area contributed by atoms with Crippen molar-refractivity contribution in [3.63, 3.8) is 0 Å². The lowest BCUT2D eigenvalue weighted by molar-refractivity contribution is -0.404. The summed E-state index contributed by atoms with van der Waals surface area (Å²) in [7, 11) is 21.1. The van der Waals surface area contributed by atoms with Crippen LogP contribution in [0.2, 0.25) is 0 Å². The number of hydrogen-bond acceptors (Lipinski definition) is 49. The van der Waals surface area contributed by atoms with Gasteiger partial charge in [0, 0.05) is 169 Å². The third-order valence-corrected chi connectivity index (χ3v) is 22.8. The van der Waals surface area contributed by atoms with Gasteiger partial charge in [-0.05, 0) is 0 Å². The van der Waals surface area contributed by atoms with Crippen LogP contribution in [-0.4, -0.2) is 470 Å². The first-order valence-corrected chi connectivity index (χ1v) is 41.4. The minimum Gasteiger partial charge on any atom is -0.463 e. The van der Waals surface area contributed by atoms with Crippen molar-refractivity contribution < 1.29 is 233 Å². The molecule has 49 heteroatoms. The first-order valence-electron chi connectivity index (χ1n) is 41.4. The summed E-state index contributed by atoms with van der Waals surface area (Å²) in [6, 6.07) is 0. The monoisotopic (exact) mass is 1870 g/mol. The Labute approximate surface area is 746 Å². The molecule has 0 bridgehead atoms. The molecule has 0 aromatic rings. The van der Waals surface area contributed by atoms with E-state index in [-0.39, 0.29) is 0 Å². The lowest BCUT2D eigenvalue weighted by Crippen LogP contribution is -2.69. The van der Waals surface area contributed by atoms with Gasteiger partial charge >= 0.3 is 47.8 Å². The number of ether oxygens (including phenoxy) is 39. The maximum Gasteiger partial charge on any atom is 0.302 e. The number of carbonyl (C=O) groups is 8. The Kier molecular flexibility index (Phi) is 44.3. The highest BCUT2D eigenvalue weighted by atomic mass is 16.8. The molecular weight excluding hydrogens is 1740 g/mol. The molecule has 8 fully saturated rings. The second kappa shape index (κ2) is 52.5. The highest BCUT2D eigenvalue weighted by Gasteiger charge is 2.63. The van der Waals surface area contributed by atoms with Gasteiger partial charge in [-0.1, -0.05) is 0 Å². The molecule has 49 nitrogen and oxygen atoms in total. The van der Waals surface area contributed by atoms with Crippen molar-refractivity contribution in [2.45, 2.75) is 301 Å². The third kappa shape index (κ3) is 27.4. The van der Waals surface area contributed by atoms with Gasteiger partial charge in [-0.3, -0.25) is 38.4 Å². The van der Waals surface area contributed by atoms with Gasteiger partial charge in [0.1, 0.15) is 248 Å². The summed E-state index contributed by atoms with van der Waals surface area (Å²) in [5.41, 5.74) is 0. The average Bonchev–Trinajstić information content (AvgIpc) is 0.763. The Morgan fingerprint density at radius 1 is 0.178 bits per heavy atom. The molecule has 0 aromatic carbocycles. The van der Waals surface area contributed by atoms with Crippen molar-refractivity contribution in [1.29, 1.82) is 0 Å². The largest absolute Gasteiger partial charge is 0.463 e. The minimum absolute atomic E-state index is 0.417. The molecule has 8 saturated heterocycles. The van der Waals surface area contributed by atoms with E-state index in [0.29, 0.717) is 0 Å². The van der Waals surface area contributed by atoms with Crippen LogP contribution >= 0.6 is 0 Å². The molecule has 0 amide bonds. The predicted molar refractivity (Wildman–Crippen MR) is 417 cm³/mol. The molecule has 2 N–H and O–H groups in total. The summed E-state index contributed by atoms with van der Waals surface area (Å²) in [6.07, 6.45) is -54.1. The summed E-state index contributed by atoms with van der Waals surface area (Å²) in [5, 5.41) is 22.3. The van der Waals surface area contributed by atoms with E-state index in [0.717, 1.165) is 34.6 Å². The summed E-state index contributed by atoms with van der Waals surface area (Å²) in [4.78, 5) is 101. The highest BCUT2D eigenvalue weighted by Crippen LogP contribution is 2.44. The molecule has 40 atom stereocenters. The quantitative estimate of drug-likeness (QED) is 0.0443. The van der Waals surface area contributed by atoms with Gasteiger partial charge in [-0.2, -0.15) is 0 Å². The molecule has 0 radical (unpaired) electrons. The van der Waals surface area contributed by atoms with E-state index in [4.69, 9.17) is 185 Å². The summed E-state index contributed by atoms with van der Waals surface area (Å²) in [6.45, 7) is 5.16. The molecule has 0 aromatic heterocycles. The van der Waals surface area contributed by atoms with Crippen LogP contribution in [-0.2, 0) is 223 Å². The number of hydrogen-bond donors (Lipinski definition) is 2. The fraction of sp³-hybridized carbons (Fsp3) is 0.900. The smallest absolute Gasteiger partial charge is 0.302 e. The first-order chi connectivity index (χ1) is 61.7. The lowest BCUT2D eigenvalue weighted by Gasteiger charge is -2.52. The van der Waals surface area contributed by atoms with Gasteiger partial charge in [-0.15, -0.1) is 0 Å². The second-order valence-electron chi connectivity index (χ2n) is 30.7. The van der Waals surface area contributed by atoms with Crippen LogP contribution in [0.3, 0.4) is 0 Å². The van der Waals surface area contributed by atoms with Crippen molar-refractivity contribution in [1.82, 2.24) is 0 Å². The lowest BCUT2D eigenvalue weighted by atomic mass is 9.94. The number of carbonyl (C=O) groups excluding carboxylic acids is 8. The van der Waals surface area contributed by atoms with E-state index in [1.165, 1.54) is 135 Å². The zero-order valence-electron chi connectivity index (χ0n) is 76.8. The molecule has 8 heterocycles. The average molecular weight is 1880 g/mol. The van der Waals surface area contributed by atoms with Crippen LogP contribution in [0.4, 0.5) is 0 Å². The molecule has 744 valence electrons. The molecule has 0 aliphatic carbocycles. The zero-order chi connectivity index (χ0) is 94.9. The Morgan fingerprint density at radius 2 is 0.310 bits per heavy atom. The Hall–Kier alpha value is -5.56. The normalized spacial score (nSPS) is 40.2. The van der Waals surface area contributed by atoms with Crippen molar-refractivity contribution in [2.24, 2.45) is 0 Å². The molecule has 8 rings (SSSR count). The summed E-state index contributed by atoms with van der Waals surface area (Å²) in [5.74, 6) is -5.82. The van der Waals surface area contributed by atoms with Gasteiger partial charge in [0.05, 0.1) is 0 Å². The van der Waals surface area contributed by atoms with Crippen molar-refractivity contribution in [2.75, 3.05) is 167 Å². The van der Waals surface area contributed by atoms with Gasteiger partial charge in [0.15, 0.2) is 50.3 Å².